The number of benzene rings is 1. The highest BCUT2D eigenvalue weighted by atomic mass is 35.5. The van der Waals surface area contributed by atoms with Gasteiger partial charge in [0.15, 0.2) is 5.82 Å². The maximum absolute atomic E-state index is 14.0. The number of nitrogens with one attached hydrogen (secondary N) is 2. The highest BCUT2D eigenvalue weighted by molar-refractivity contribution is 6.32. The van der Waals surface area contributed by atoms with Crippen molar-refractivity contribution < 1.29 is 13.9 Å². The van der Waals surface area contributed by atoms with Crippen LogP contribution in [0.15, 0.2) is 30.5 Å². The number of methoxy groups -OCH3 is 1. The number of nitrogens with zero attached hydrogens (tertiary/aromatic N) is 3. The fraction of sp³-hybridized carbons (Fsp3) is 0.440. The summed E-state index contributed by atoms with van der Waals surface area (Å²) in [5, 5.41) is 7.65. The number of fused-ring (bicyclic) bond motifs is 2. The average Bonchev–Trinajstić information content (AvgIpc) is 2.87. The van der Waals surface area contributed by atoms with Crippen molar-refractivity contribution >= 4 is 40.7 Å². The molecule has 5 rings (SSSR count). The van der Waals surface area contributed by atoms with Gasteiger partial charge in [0.05, 0.1) is 28.9 Å². The van der Waals surface area contributed by atoms with Gasteiger partial charge in [-0.15, -0.1) is 12.4 Å². The highest BCUT2D eigenvalue weighted by Gasteiger charge is 2.20. The van der Waals surface area contributed by atoms with Gasteiger partial charge in [-0.05, 0) is 50.0 Å². The lowest BCUT2D eigenvalue weighted by atomic mass is 10.0. The number of rotatable bonds is 7. The Bertz CT molecular complexity index is 1170. The average molecular weight is 522 g/mol. The molecule has 1 saturated heterocycles. The number of likely N-dealkylation sites (tertiary alicyclic amines) is 1. The van der Waals surface area contributed by atoms with Crippen molar-refractivity contribution in [3.63, 3.8) is 0 Å². The fourth-order valence-electron chi connectivity index (χ4n) is 4.67. The standard InChI is InChI=1S/C25H29ClFN5O2.ClH/c1-33-25-20(27)13-22-24(31-25)18(19(26)15-30-22)6-10-32-8-4-17(5-9-32)29-14-16-2-3-23-21(12-16)28-7-11-34-23;/h2-3,12-13,15,17,28-29H,4-11,14H2,1H3;1H. The molecule has 7 nitrogen and oxygen atoms in total. The van der Waals surface area contributed by atoms with Gasteiger partial charge in [0.1, 0.15) is 12.4 Å². The second kappa shape index (κ2) is 11.6. The van der Waals surface area contributed by atoms with Crippen LogP contribution in [0.5, 0.6) is 11.6 Å². The smallest absolute Gasteiger partial charge is 0.250 e. The van der Waals surface area contributed by atoms with Crippen LogP contribution < -0.4 is 20.1 Å². The Kier molecular flexibility index (Phi) is 8.49. The Morgan fingerprint density at radius 2 is 2.11 bits per heavy atom. The first-order chi connectivity index (χ1) is 16.6. The molecule has 2 aliphatic rings. The van der Waals surface area contributed by atoms with Crippen molar-refractivity contribution in [3.05, 3.63) is 52.4 Å². The second-order valence-corrected chi connectivity index (χ2v) is 9.19. The first-order valence-electron chi connectivity index (χ1n) is 11.7. The van der Waals surface area contributed by atoms with Gasteiger partial charge < -0.3 is 25.0 Å². The monoisotopic (exact) mass is 521 g/mol. The minimum absolute atomic E-state index is 0. The molecule has 4 heterocycles. The lowest BCUT2D eigenvalue weighted by Gasteiger charge is -2.32. The van der Waals surface area contributed by atoms with E-state index in [4.69, 9.17) is 21.1 Å². The summed E-state index contributed by atoms with van der Waals surface area (Å²) in [6.45, 7) is 5.32. The Morgan fingerprint density at radius 1 is 1.29 bits per heavy atom. The zero-order valence-corrected chi connectivity index (χ0v) is 21.2. The summed E-state index contributed by atoms with van der Waals surface area (Å²) in [6, 6.07) is 8.20. The fourth-order valence-corrected chi connectivity index (χ4v) is 4.90. The predicted molar refractivity (Wildman–Crippen MR) is 139 cm³/mol. The van der Waals surface area contributed by atoms with Crippen LogP contribution >= 0.6 is 24.0 Å². The van der Waals surface area contributed by atoms with Crippen LogP contribution in [0.4, 0.5) is 10.1 Å². The molecule has 0 atom stereocenters. The highest BCUT2D eigenvalue weighted by Crippen LogP contribution is 2.29. The van der Waals surface area contributed by atoms with Crippen LogP contribution in [-0.2, 0) is 13.0 Å². The van der Waals surface area contributed by atoms with Crippen LogP contribution in [0.1, 0.15) is 24.0 Å². The van der Waals surface area contributed by atoms with E-state index in [1.165, 1.54) is 18.7 Å². The molecule has 2 N–H and O–H groups in total. The van der Waals surface area contributed by atoms with Crippen LogP contribution in [0.25, 0.3) is 11.0 Å². The van der Waals surface area contributed by atoms with E-state index >= 15 is 0 Å². The zero-order chi connectivity index (χ0) is 23.5. The Morgan fingerprint density at radius 3 is 2.91 bits per heavy atom. The van der Waals surface area contributed by atoms with Gasteiger partial charge in [0.25, 0.3) is 5.88 Å². The van der Waals surface area contributed by atoms with Crippen molar-refractivity contribution in [2.45, 2.75) is 31.8 Å². The van der Waals surface area contributed by atoms with E-state index in [-0.39, 0.29) is 18.3 Å². The van der Waals surface area contributed by atoms with E-state index in [0.717, 1.165) is 75.6 Å². The first kappa shape index (κ1) is 25.7. The van der Waals surface area contributed by atoms with Gasteiger partial charge in [-0.25, -0.2) is 9.37 Å². The quantitative estimate of drug-likeness (QED) is 0.475. The van der Waals surface area contributed by atoms with Gasteiger partial charge in [-0.2, -0.15) is 0 Å². The number of halogens is 3. The molecule has 0 radical (unpaired) electrons. The minimum atomic E-state index is -0.523. The van der Waals surface area contributed by atoms with Gasteiger partial charge >= 0.3 is 0 Å². The Hall–Kier alpha value is -2.39. The van der Waals surface area contributed by atoms with Crippen LogP contribution in [0, 0.1) is 5.82 Å². The van der Waals surface area contributed by atoms with Gasteiger partial charge in [-0.3, -0.25) is 4.98 Å². The number of hydrogen-bond donors (Lipinski definition) is 2. The third kappa shape index (κ3) is 5.89. The molecule has 2 aromatic heterocycles. The number of piperidine rings is 1. The third-order valence-electron chi connectivity index (χ3n) is 6.59. The summed E-state index contributed by atoms with van der Waals surface area (Å²) in [4.78, 5) is 11.0. The maximum atomic E-state index is 14.0. The third-order valence-corrected chi connectivity index (χ3v) is 6.91. The summed E-state index contributed by atoms with van der Waals surface area (Å²) in [5.74, 6) is 0.376. The molecule has 1 aromatic carbocycles. The largest absolute Gasteiger partial charge is 0.490 e. The molecule has 1 fully saturated rings. The Balaban J connectivity index is 0.00000289. The summed E-state index contributed by atoms with van der Waals surface area (Å²) in [5.41, 5.74) is 4.32. The second-order valence-electron chi connectivity index (χ2n) is 8.78. The van der Waals surface area contributed by atoms with Crippen LogP contribution in [0.2, 0.25) is 5.02 Å². The summed E-state index contributed by atoms with van der Waals surface area (Å²) in [6.07, 6.45) is 4.48. The van der Waals surface area contributed by atoms with Gasteiger partial charge in [0, 0.05) is 43.5 Å². The molecule has 35 heavy (non-hydrogen) atoms. The summed E-state index contributed by atoms with van der Waals surface area (Å²) < 4.78 is 24.7. The van der Waals surface area contributed by atoms with Gasteiger partial charge in [0.2, 0.25) is 0 Å². The van der Waals surface area contributed by atoms with E-state index in [0.29, 0.717) is 22.1 Å². The predicted octanol–water partition coefficient (Wildman–Crippen LogP) is 4.45. The molecular weight excluding hydrogens is 492 g/mol. The molecule has 3 aromatic rings. The normalized spacial score (nSPS) is 16.2. The molecule has 0 spiro atoms. The van der Waals surface area contributed by atoms with E-state index in [1.54, 1.807) is 6.20 Å². The Labute approximate surface area is 215 Å². The number of aromatic nitrogens is 2. The molecule has 2 aliphatic heterocycles. The van der Waals surface area contributed by atoms with Crippen molar-refractivity contribution in [1.29, 1.82) is 0 Å². The zero-order valence-electron chi connectivity index (χ0n) is 19.7. The number of pyridine rings is 2. The van der Waals surface area contributed by atoms with E-state index in [9.17, 15) is 4.39 Å². The molecule has 0 amide bonds. The number of ether oxygens (including phenoxy) is 2. The molecular formula is C25H30Cl2FN5O2. The topological polar surface area (TPSA) is 71.5 Å². The first-order valence-corrected chi connectivity index (χ1v) is 12.1. The molecule has 0 bridgehead atoms. The maximum Gasteiger partial charge on any atom is 0.250 e. The summed E-state index contributed by atoms with van der Waals surface area (Å²) in [7, 11) is 1.41. The number of hydrogen-bond acceptors (Lipinski definition) is 7. The summed E-state index contributed by atoms with van der Waals surface area (Å²) >= 11 is 6.45. The SMILES string of the molecule is COc1nc2c(CCN3CCC(NCc4ccc5c(c4)NCCO5)CC3)c(Cl)cnc2cc1F.Cl. The molecule has 10 heteroatoms. The van der Waals surface area contributed by atoms with Crippen LogP contribution in [-0.4, -0.2) is 60.8 Å². The van der Waals surface area contributed by atoms with Crippen molar-refractivity contribution in [2.75, 3.05) is 45.2 Å². The minimum Gasteiger partial charge on any atom is -0.490 e. The van der Waals surface area contributed by atoms with E-state index in [1.807, 2.05) is 6.07 Å². The molecule has 0 aliphatic carbocycles. The lowest BCUT2D eigenvalue weighted by Crippen LogP contribution is -2.42. The van der Waals surface area contributed by atoms with E-state index in [2.05, 4.69) is 37.6 Å². The van der Waals surface area contributed by atoms with Crippen molar-refractivity contribution in [3.8, 4) is 11.6 Å². The van der Waals surface area contributed by atoms with Crippen molar-refractivity contribution in [2.24, 2.45) is 0 Å². The molecule has 0 saturated carbocycles. The van der Waals surface area contributed by atoms with Gasteiger partial charge in [-0.1, -0.05) is 17.7 Å². The number of anilines is 1. The van der Waals surface area contributed by atoms with Crippen molar-refractivity contribution in [1.82, 2.24) is 20.2 Å². The van der Waals surface area contributed by atoms with Crippen LogP contribution in [0.3, 0.4) is 0 Å². The molecule has 0 unspecified atom stereocenters. The van der Waals surface area contributed by atoms with E-state index < -0.39 is 5.82 Å². The molecule has 188 valence electrons. The lowest BCUT2D eigenvalue weighted by molar-refractivity contribution is 0.199.